The summed E-state index contributed by atoms with van der Waals surface area (Å²) in [4.78, 5) is 12.3. The van der Waals surface area contributed by atoms with Crippen LogP contribution in [0, 0.1) is 0 Å². The Labute approximate surface area is 108 Å². The molecule has 1 amide bonds. The number of aromatic nitrogens is 2. The molecule has 1 aromatic rings. The standard InChI is InChI=1S/C13H22N4O/c1-3-6-13(7-4-8-15-13)12(18)14-10-11-5-9-17(2)16-11/h5,9,15H,3-4,6-8,10H2,1-2H3,(H,14,18). The van der Waals surface area contributed by atoms with E-state index >= 15 is 0 Å². The topological polar surface area (TPSA) is 59.0 Å². The van der Waals surface area contributed by atoms with Crippen molar-refractivity contribution in [3.05, 3.63) is 18.0 Å². The van der Waals surface area contributed by atoms with Crippen LogP contribution in [0.2, 0.25) is 0 Å². The van der Waals surface area contributed by atoms with Crippen LogP contribution in [0.4, 0.5) is 0 Å². The second-order valence-electron chi connectivity index (χ2n) is 5.03. The summed E-state index contributed by atoms with van der Waals surface area (Å²) in [6.07, 6.45) is 5.83. The molecule has 1 saturated heterocycles. The second-order valence-corrected chi connectivity index (χ2v) is 5.03. The number of hydrogen-bond donors (Lipinski definition) is 2. The molecule has 1 aliphatic heterocycles. The van der Waals surface area contributed by atoms with Gasteiger partial charge in [-0.25, -0.2) is 0 Å². The Morgan fingerprint density at radius 3 is 3.06 bits per heavy atom. The lowest BCUT2D eigenvalue weighted by Crippen LogP contribution is -2.53. The molecule has 1 aliphatic rings. The highest BCUT2D eigenvalue weighted by molar-refractivity contribution is 5.86. The van der Waals surface area contributed by atoms with Crippen molar-refractivity contribution in [1.82, 2.24) is 20.4 Å². The molecule has 0 spiro atoms. The van der Waals surface area contributed by atoms with E-state index in [1.165, 1.54) is 0 Å². The highest BCUT2D eigenvalue weighted by Gasteiger charge is 2.39. The normalized spacial score (nSPS) is 23.2. The maximum atomic E-state index is 12.3. The third-order valence-electron chi connectivity index (χ3n) is 3.55. The van der Waals surface area contributed by atoms with E-state index in [0.29, 0.717) is 6.54 Å². The Balaban J connectivity index is 1.93. The van der Waals surface area contributed by atoms with Crippen molar-refractivity contribution in [2.45, 2.75) is 44.7 Å². The smallest absolute Gasteiger partial charge is 0.240 e. The Morgan fingerprint density at radius 1 is 1.67 bits per heavy atom. The van der Waals surface area contributed by atoms with Gasteiger partial charge >= 0.3 is 0 Å². The minimum Gasteiger partial charge on any atom is -0.349 e. The maximum absolute atomic E-state index is 12.3. The number of nitrogens with one attached hydrogen (secondary N) is 2. The number of hydrogen-bond acceptors (Lipinski definition) is 3. The molecule has 1 unspecified atom stereocenters. The van der Waals surface area contributed by atoms with Gasteiger partial charge in [-0.3, -0.25) is 9.48 Å². The molecule has 5 nitrogen and oxygen atoms in total. The van der Waals surface area contributed by atoms with Crippen molar-refractivity contribution >= 4 is 5.91 Å². The van der Waals surface area contributed by atoms with Gasteiger partial charge in [0, 0.05) is 13.2 Å². The molecule has 0 saturated carbocycles. The largest absolute Gasteiger partial charge is 0.349 e. The van der Waals surface area contributed by atoms with Crippen LogP contribution in [-0.2, 0) is 18.4 Å². The predicted octanol–water partition coefficient (Wildman–Crippen LogP) is 0.959. The van der Waals surface area contributed by atoms with Crippen molar-refractivity contribution in [3.63, 3.8) is 0 Å². The van der Waals surface area contributed by atoms with E-state index in [-0.39, 0.29) is 11.4 Å². The van der Waals surface area contributed by atoms with Crippen molar-refractivity contribution in [1.29, 1.82) is 0 Å². The second kappa shape index (κ2) is 5.52. The van der Waals surface area contributed by atoms with Gasteiger partial charge in [-0.05, 0) is 31.9 Å². The molecular formula is C13H22N4O. The van der Waals surface area contributed by atoms with Gasteiger partial charge in [0.05, 0.1) is 17.8 Å². The number of carbonyl (C=O) groups is 1. The molecule has 5 heteroatoms. The Bertz CT molecular complexity index is 407. The molecule has 1 atom stereocenters. The average Bonchev–Trinajstić information content (AvgIpc) is 2.97. The van der Waals surface area contributed by atoms with Crippen LogP contribution in [0.5, 0.6) is 0 Å². The van der Waals surface area contributed by atoms with Crippen LogP contribution in [0.15, 0.2) is 12.3 Å². The summed E-state index contributed by atoms with van der Waals surface area (Å²) < 4.78 is 1.75. The summed E-state index contributed by atoms with van der Waals surface area (Å²) in [5, 5.41) is 10.6. The van der Waals surface area contributed by atoms with Crippen LogP contribution in [0.25, 0.3) is 0 Å². The number of amides is 1. The quantitative estimate of drug-likeness (QED) is 0.818. The average molecular weight is 250 g/mol. The summed E-state index contributed by atoms with van der Waals surface area (Å²) in [5.74, 6) is 0.118. The molecule has 2 heterocycles. The van der Waals surface area contributed by atoms with Gasteiger partial charge in [-0.1, -0.05) is 13.3 Å². The fraction of sp³-hybridized carbons (Fsp3) is 0.692. The van der Waals surface area contributed by atoms with Crippen LogP contribution in [0.3, 0.4) is 0 Å². The van der Waals surface area contributed by atoms with Gasteiger partial charge in [0.25, 0.3) is 0 Å². The molecular weight excluding hydrogens is 228 g/mol. The Kier molecular flexibility index (Phi) is 4.01. The first-order valence-corrected chi connectivity index (χ1v) is 6.68. The van der Waals surface area contributed by atoms with E-state index < -0.39 is 0 Å². The predicted molar refractivity (Wildman–Crippen MR) is 69.9 cm³/mol. The molecule has 18 heavy (non-hydrogen) atoms. The molecule has 2 N–H and O–H groups in total. The first-order chi connectivity index (χ1) is 8.66. The summed E-state index contributed by atoms with van der Waals surface area (Å²) >= 11 is 0. The van der Waals surface area contributed by atoms with E-state index in [4.69, 9.17) is 0 Å². The minimum absolute atomic E-state index is 0.118. The Hall–Kier alpha value is -1.36. The number of nitrogens with zero attached hydrogens (tertiary/aromatic N) is 2. The van der Waals surface area contributed by atoms with E-state index in [1.807, 2.05) is 19.3 Å². The van der Waals surface area contributed by atoms with Crippen molar-refractivity contribution in [2.24, 2.45) is 7.05 Å². The molecule has 0 radical (unpaired) electrons. The molecule has 0 bridgehead atoms. The number of rotatable bonds is 5. The fourth-order valence-corrected chi connectivity index (χ4v) is 2.65. The van der Waals surface area contributed by atoms with Crippen LogP contribution < -0.4 is 10.6 Å². The van der Waals surface area contributed by atoms with Gasteiger partial charge in [-0.2, -0.15) is 5.10 Å². The lowest BCUT2D eigenvalue weighted by Gasteiger charge is -2.27. The zero-order valence-electron chi connectivity index (χ0n) is 11.2. The van der Waals surface area contributed by atoms with Crippen LogP contribution >= 0.6 is 0 Å². The first kappa shape index (κ1) is 13.1. The molecule has 0 aliphatic carbocycles. The first-order valence-electron chi connectivity index (χ1n) is 6.68. The summed E-state index contributed by atoms with van der Waals surface area (Å²) in [6.45, 7) is 3.57. The molecule has 100 valence electrons. The van der Waals surface area contributed by atoms with Gasteiger partial charge in [0.15, 0.2) is 0 Å². The van der Waals surface area contributed by atoms with Gasteiger partial charge in [0.2, 0.25) is 5.91 Å². The van der Waals surface area contributed by atoms with Crippen molar-refractivity contribution in [3.8, 4) is 0 Å². The number of aryl methyl sites for hydroxylation is 1. The minimum atomic E-state index is -0.344. The van der Waals surface area contributed by atoms with Gasteiger partial charge in [-0.15, -0.1) is 0 Å². The van der Waals surface area contributed by atoms with Crippen LogP contribution in [0.1, 0.15) is 38.3 Å². The summed E-state index contributed by atoms with van der Waals surface area (Å²) in [6, 6.07) is 1.93. The molecule has 2 rings (SSSR count). The van der Waals surface area contributed by atoms with Crippen molar-refractivity contribution in [2.75, 3.05) is 6.54 Å². The lowest BCUT2D eigenvalue weighted by molar-refractivity contribution is -0.127. The highest BCUT2D eigenvalue weighted by atomic mass is 16.2. The monoisotopic (exact) mass is 250 g/mol. The fourth-order valence-electron chi connectivity index (χ4n) is 2.65. The molecule has 0 aromatic carbocycles. The summed E-state index contributed by atoms with van der Waals surface area (Å²) in [7, 11) is 1.88. The third-order valence-corrected chi connectivity index (χ3v) is 3.55. The SMILES string of the molecule is CCCC1(C(=O)NCc2ccn(C)n2)CCCN1. The zero-order chi connectivity index (χ0) is 13.0. The number of carbonyl (C=O) groups excluding carboxylic acids is 1. The third kappa shape index (κ3) is 2.72. The Morgan fingerprint density at radius 2 is 2.50 bits per heavy atom. The van der Waals surface area contributed by atoms with Gasteiger partial charge in [0.1, 0.15) is 0 Å². The van der Waals surface area contributed by atoms with E-state index in [2.05, 4.69) is 22.7 Å². The highest BCUT2D eigenvalue weighted by Crippen LogP contribution is 2.24. The van der Waals surface area contributed by atoms with E-state index in [0.717, 1.165) is 37.9 Å². The molecule has 1 fully saturated rings. The zero-order valence-corrected chi connectivity index (χ0v) is 11.2. The summed E-state index contributed by atoms with van der Waals surface area (Å²) in [5.41, 5.74) is 0.555. The van der Waals surface area contributed by atoms with E-state index in [9.17, 15) is 4.79 Å². The maximum Gasteiger partial charge on any atom is 0.240 e. The van der Waals surface area contributed by atoms with Gasteiger partial charge < -0.3 is 10.6 Å². The molecule has 1 aromatic heterocycles. The van der Waals surface area contributed by atoms with Crippen LogP contribution in [-0.4, -0.2) is 27.8 Å². The lowest BCUT2D eigenvalue weighted by atomic mass is 9.91. The van der Waals surface area contributed by atoms with E-state index in [1.54, 1.807) is 4.68 Å². The van der Waals surface area contributed by atoms with Crippen molar-refractivity contribution < 1.29 is 4.79 Å².